The molecule has 6 heteroatoms. The van der Waals surface area contributed by atoms with Gasteiger partial charge in [-0.05, 0) is 12.1 Å². The van der Waals surface area contributed by atoms with Crippen LogP contribution < -0.4 is 0 Å². The lowest BCUT2D eigenvalue weighted by Crippen LogP contribution is -2.42. The van der Waals surface area contributed by atoms with Crippen molar-refractivity contribution in [2.75, 3.05) is 6.61 Å². The van der Waals surface area contributed by atoms with Gasteiger partial charge in [-0.1, -0.05) is 22.7 Å². The Labute approximate surface area is 90.7 Å². The van der Waals surface area contributed by atoms with Crippen LogP contribution in [0.4, 0.5) is 4.48 Å². The number of hydrogen-bond donors (Lipinski definition) is 2. The molecule has 1 rings (SSSR count). The second-order valence-electron chi connectivity index (χ2n) is 3.02. The molecule has 0 spiro atoms. The molecule has 0 fully saturated rings. The molecule has 0 saturated carbocycles. The van der Waals surface area contributed by atoms with Gasteiger partial charge in [0.2, 0.25) is 0 Å². The normalized spacial score (nSPS) is 11.9. The fourth-order valence-corrected chi connectivity index (χ4v) is 1.09. The number of nitrogens with zero attached hydrogens (tertiary/aromatic N) is 1. The van der Waals surface area contributed by atoms with Crippen LogP contribution in [0.5, 0.6) is 0 Å². The van der Waals surface area contributed by atoms with E-state index in [4.69, 9.17) is 10.2 Å². The maximum Gasteiger partial charge on any atom is 0.331 e. The van der Waals surface area contributed by atoms with Crippen LogP contribution in [-0.4, -0.2) is 39.9 Å². The van der Waals surface area contributed by atoms with Crippen LogP contribution in [0, 0.1) is 0 Å². The minimum atomic E-state index is -1.88. The van der Waals surface area contributed by atoms with Crippen LogP contribution in [0.1, 0.15) is 10.4 Å². The lowest BCUT2D eigenvalue weighted by Gasteiger charge is -2.17. The Balaban J connectivity index is 2.86. The number of carboxylic acids is 1. The largest absolute Gasteiger partial charge is 0.480 e. The standard InChI is InChI=1S/C10H10FNO4/c11-12(8(6-13)10(15)16)9(14)7-4-2-1-3-5-7/h1-5,8,13H,6H2,(H,15,16). The number of rotatable bonds is 4. The first-order valence-corrected chi connectivity index (χ1v) is 4.46. The third-order valence-corrected chi connectivity index (χ3v) is 1.95. The third-order valence-electron chi connectivity index (χ3n) is 1.95. The van der Waals surface area contributed by atoms with Gasteiger partial charge in [0.15, 0.2) is 6.04 Å². The van der Waals surface area contributed by atoms with E-state index in [1.807, 2.05) is 0 Å². The lowest BCUT2D eigenvalue weighted by molar-refractivity contribution is -0.150. The molecule has 0 aromatic heterocycles. The molecule has 1 atom stereocenters. The Morgan fingerprint density at radius 2 is 1.88 bits per heavy atom. The van der Waals surface area contributed by atoms with Gasteiger partial charge in [0.1, 0.15) is 0 Å². The number of amides is 1. The second-order valence-corrected chi connectivity index (χ2v) is 3.02. The van der Waals surface area contributed by atoms with Crippen LogP contribution in [0.2, 0.25) is 0 Å². The number of aliphatic carboxylic acids is 1. The van der Waals surface area contributed by atoms with Crippen LogP contribution in [0.3, 0.4) is 0 Å². The molecule has 1 unspecified atom stereocenters. The monoisotopic (exact) mass is 227 g/mol. The first-order valence-electron chi connectivity index (χ1n) is 4.46. The summed E-state index contributed by atoms with van der Waals surface area (Å²) >= 11 is 0. The molecule has 1 aromatic rings. The van der Waals surface area contributed by atoms with E-state index in [1.165, 1.54) is 24.3 Å². The Kier molecular flexibility index (Phi) is 3.96. The van der Waals surface area contributed by atoms with Gasteiger partial charge >= 0.3 is 5.97 Å². The minimum absolute atomic E-state index is 0.0182. The van der Waals surface area contributed by atoms with E-state index in [0.29, 0.717) is 0 Å². The van der Waals surface area contributed by atoms with E-state index in [-0.39, 0.29) is 5.56 Å². The molecule has 16 heavy (non-hydrogen) atoms. The van der Waals surface area contributed by atoms with Crippen molar-refractivity contribution in [3.8, 4) is 0 Å². The first-order chi connectivity index (χ1) is 7.57. The zero-order valence-corrected chi connectivity index (χ0v) is 8.21. The topological polar surface area (TPSA) is 77.8 Å². The van der Waals surface area contributed by atoms with Gasteiger partial charge in [0.25, 0.3) is 5.91 Å². The summed E-state index contributed by atoms with van der Waals surface area (Å²) in [4.78, 5) is 21.9. The highest BCUT2D eigenvalue weighted by atomic mass is 19.2. The van der Waals surface area contributed by atoms with Crippen LogP contribution in [0.15, 0.2) is 30.3 Å². The summed E-state index contributed by atoms with van der Waals surface area (Å²) in [5, 5.41) is 16.7. The van der Waals surface area contributed by atoms with Crippen molar-refractivity contribution in [1.82, 2.24) is 5.12 Å². The van der Waals surface area contributed by atoms with Gasteiger partial charge in [-0.15, -0.1) is 0 Å². The summed E-state index contributed by atoms with van der Waals surface area (Å²) in [5.74, 6) is -2.70. The molecule has 0 heterocycles. The smallest absolute Gasteiger partial charge is 0.331 e. The van der Waals surface area contributed by atoms with E-state index in [2.05, 4.69) is 0 Å². The molecule has 0 radical (unpaired) electrons. The SMILES string of the molecule is O=C(O)C(CO)N(F)C(=O)c1ccccc1. The Bertz CT molecular complexity index is 382. The highest BCUT2D eigenvalue weighted by Gasteiger charge is 2.30. The Morgan fingerprint density at radius 1 is 1.31 bits per heavy atom. The highest BCUT2D eigenvalue weighted by molar-refractivity contribution is 5.95. The summed E-state index contributed by atoms with van der Waals surface area (Å²) in [6.45, 7) is -0.982. The van der Waals surface area contributed by atoms with Gasteiger partial charge < -0.3 is 10.2 Å². The number of carbonyl (C=O) groups excluding carboxylic acids is 1. The summed E-state index contributed by atoms with van der Waals surface area (Å²) < 4.78 is 13.3. The molecule has 0 aliphatic heterocycles. The minimum Gasteiger partial charge on any atom is -0.480 e. The molecular formula is C10H10FNO4. The second kappa shape index (κ2) is 5.22. The molecule has 0 aliphatic rings. The quantitative estimate of drug-likeness (QED) is 0.732. The summed E-state index contributed by atoms with van der Waals surface area (Å²) in [6, 6.07) is 5.51. The highest BCUT2D eigenvalue weighted by Crippen LogP contribution is 2.09. The summed E-state index contributed by atoms with van der Waals surface area (Å²) in [6.07, 6.45) is 0. The van der Waals surface area contributed by atoms with Crippen molar-refractivity contribution in [1.29, 1.82) is 0 Å². The maximum atomic E-state index is 13.3. The molecule has 2 N–H and O–H groups in total. The van der Waals surface area contributed by atoms with Crippen molar-refractivity contribution in [3.63, 3.8) is 0 Å². The average Bonchev–Trinajstić information content (AvgIpc) is 2.29. The summed E-state index contributed by atoms with van der Waals surface area (Å²) in [7, 11) is 0. The van der Waals surface area contributed by atoms with Crippen molar-refractivity contribution in [3.05, 3.63) is 35.9 Å². The number of aliphatic hydroxyl groups is 1. The van der Waals surface area contributed by atoms with Gasteiger partial charge in [0, 0.05) is 5.56 Å². The number of hydrogen-bond acceptors (Lipinski definition) is 3. The fraction of sp³-hybridized carbons (Fsp3) is 0.200. The molecular weight excluding hydrogens is 217 g/mol. The molecule has 0 bridgehead atoms. The molecule has 0 saturated heterocycles. The zero-order chi connectivity index (χ0) is 12.1. The van der Waals surface area contributed by atoms with Gasteiger partial charge in [0.05, 0.1) is 6.61 Å². The fourth-order valence-electron chi connectivity index (χ4n) is 1.09. The molecule has 1 amide bonds. The van der Waals surface area contributed by atoms with Crippen molar-refractivity contribution < 1.29 is 24.3 Å². The van der Waals surface area contributed by atoms with E-state index in [1.54, 1.807) is 6.07 Å². The lowest BCUT2D eigenvalue weighted by atomic mass is 10.2. The predicted molar refractivity (Wildman–Crippen MR) is 52.2 cm³/mol. The van der Waals surface area contributed by atoms with Crippen LogP contribution in [0.25, 0.3) is 0 Å². The molecule has 5 nitrogen and oxygen atoms in total. The predicted octanol–water partition coefficient (Wildman–Crippen LogP) is 0.459. The third kappa shape index (κ3) is 2.54. The zero-order valence-electron chi connectivity index (χ0n) is 8.21. The number of halogens is 1. The van der Waals surface area contributed by atoms with Gasteiger partial charge in [-0.25, -0.2) is 4.79 Å². The molecule has 0 aliphatic carbocycles. The number of carboxylic acid groups (broad SMARTS) is 1. The van der Waals surface area contributed by atoms with Gasteiger partial charge in [-0.2, -0.15) is 5.12 Å². The summed E-state index contributed by atoms with van der Waals surface area (Å²) in [5.41, 5.74) is 0.0182. The van der Waals surface area contributed by atoms with E-state index >= 15 is 0 Å². The van der Waals surface area contributed by atoms with Crippen LogP contribution in [-0.2, 0) is 4.79 Å². The van der Waals surface area contributed by atoms with E-state index in [0.717, 1.165) is 0 Å². The number of benzene rings is 1. The maximum absolute atomic E-state index is 13.3. The first kappa shape index (κ1) is 12.1. The average molecular weight is 227 g/mol. The van der Waals surface area contributed by atoms with Crippen molar-refractivity contribution in [2.45, 2.75) is 6.04 Å². The van der Waals surface area contributed by atoms with Crippen molar-refractivity contribution >= 4 is 11.9 Å². The van der Waals surface area contributed by atoms with Crippen molar-refractivity contribution in [2.24, 2.45) is 0 Å². The molecule has 1 aromatic carbocycles. The Morgan fingerprint density at radius 3 is 2.31 bits per heavy atom. The molecule has 86 valence electrons. The van der Waals surface area contributed by atoms with Crippen LogP contribution >= 0.6 is 0 Å². The van der Waals surface area contributed by atoms with E-state index < -0.39 is 29.6 Å². The van der Waals surface area contributed by atoms with Gasteiger partial charge in [-0.3, -0.25) is 4.79 Å². The number of carbonyl (C=O) groups is 2. The van der Waals surface area contributed by atoms with E-state index in [9.17, 15) is 14.1 Å². The Hall–Kier alpha value is -1.95. The number of aliphatic hydroxyl groups excluding tert-OH is 1.